The number of aliphatic hydroxyl groups is 2. The van der Waals surface area contributed by atoms with Crippen LogP contribution in [0.2, 0.25) is 0 Å². The fourth-order valence-corrected chi connectivity index (χ4v) is 4.90. The van der Waals surface area contributed by atoms with E-state index in [-0.39, 0.29) is 30.4 Å². The lowest BCUT2D eigenvalue weighted by atomic mass is 10.1. The first-order valence-corrected chi connectivity index (χ1v) is 10.1. The molecule has 148 valence electrons. The highest BCUT2D eigenvalue weighted by Gasteiger charge is 2.45. The van der Waals surface area contributed by atoms with Gasteiger partial charge in [-0.15, -0.1) is 0 Å². The quantitative estimate of drug-likeness (QED) is 0.299. The van der Waals surface area contributed by atoms with E-state index in [4.69, 9.17) is 4.74 Å². The van der Waals surface area contributed by atoms with Gasteiger partial charge in [0.25, 0.3) is 0 Å². The summed E-state index contributed by atoms with van der Waals surface area (Å²) in [6.45, 7) is 1.80. The summed E-state index contributed by atoms with van der Waals surface area (Å²) in [7, 11) is 1.30. The van der Waals surface area contributed by atoms with E-state index in [1.807, 2.05) is 0 Å². The number of aliphatic hydroxyl groups excluding tert-OH is 1. The average Bonchev–Trinajstić information content (AvgIpc) is 3.17. The van der Waals surface area contributed by atoms with Gasteiger partial charge in [-0.2, -0.15) is 11.8 Å². The third-order valence-electron chi connectivity index (χ3n) is 4.94. The lowest BCUT2D eigenvalue weighted by molar-refractivity contribution is -0.174. The molecule has 0 bridgehead atoms. The number of rotatable bonds is 8. The van der Waals surface area contributed by atoms with Gasteiger partial charge in [0, 0.05) is 38.0 Å². The van der Waals surface area contributed by atoms with E-state index >= 15 is 0 Å². The van der Waals surface area contributed by atoms with Crippen LogP contribution in [-0.2, 0) is 19.1 Å². The summed E-state index contributed by atoms with van der Waals surface area (Å²) in [4.78, 5) is 36.9. The average molecular weight is 388 g/mol. The van der Waals surface area contributed by atoms with Crippen molar-refractivity contribution in [1.82, 2.24) is 10.2 Å². The van der Waals surface area contributed by atoms with Crippen molar-refractivity contribution in [3.63, 3.8) is 0 Å². The molecule has 1 heterocycles. The maximum Gasteiger partial charge on any atom is 0.323 e. The Kier molecular flexibility index (Phi) is 7.45. The minimum Gasteiger partial charge on any atom is -0.468 e. The molecular weight excluding hydrogens is 360 g/mol. The van der Waals surface area contributed by atoms with Crippen LogP contribution in [0.3, 0.4) is 0 Å². The van der Waals surface area contributed by atoms with Crippen molar-refractivity contribution in [3.05, 3.63) is 0 Å². The van der Waals surface area contributed by atoms with E-state index in [0.29, 0.717) is 30.9 Å². The van der Waals surface area contributed by atoms with Gasteiger partial charge in [0.1, 0.15) is 11.8 Å². The highest BCUT2D eigenvalue weighted by molar-refractivity contribution is 7.99. The molecule has 2 unspecified atom stereocenters. The zero-order valence-corrected chi connectivity index (χ0v) is 16.1. The van der Waals surface area contributed by atoms with E-state index in [1.54, 1.807) is 4.90 Å². The summed E-state index contributed by atoms with van der Waals surface area (Å²) in [6.07, 6.45) is 1.66. The van der Waals surface area contributed by atoms with Gasteiger partial charge in [-0.05, 0) is 25.0 Å². The highest BCUT2D eigenvalue weighted by Crippen LogP contribution is 2.30. The van der Waals surface area contributed by atoms with Crippen LogP contribution < -0.4 is 5.32 Å². The minimum absolute atomic E-state index is 0.0763. The number of ether oxygens (including phenoxy) is 1. The normalized spacial score (nSPS) is 28.8. The number of hydrogen-bond donors (Lipinski definition) is 3. The number of Topliss-reactive ketones (excluding diaryl/α,β-unsaturated/α-hetero) is 1. The fourth-order valence-electron chi connectivity index (χ4n) is 3.69. The van der Waals surface area contributed by atoms with E-state index in [2.05, 4.69) is 5.32 Å². The number of carbonyl (C=O) groups is 3. The Morgan fingerprint density at radius 2 is 2.19 bits per heavy atom. The van der Waals surface area contributed by atoms with Gasteiger partial charge >= 0.3 is 5.97 Å². The van der Waals surface area contributed by atoms with E-state index in [0.717, 1.165) is 6.42 Å². The number of amides is 1. The van der Waals surface area contributed by atoms with Gasteiger partial charge in [-0.25, -0.2) is 4.90 Å². The Morgan fingerprint density at radius 3 is 2.77 bits per heavy atom. The number of ketones is 1. The Hall–Kier alpha value is -1.16. The van der Waals surface area contributed by atoms with Crippen molar-refractivity contribution < 1.29 is 29.3 Å². The molecule has 1 saturated heterocycles. The van der Waals surface area contributed by atoms with Crippen molar-refractivity contribution in [2.24, 2.45) is 5.92 Å². The lowest BCUT2D eigenvalue weighted by Gasteiger charge is -2.40. The Labute approximate surface area is 157 Å². The Bertz CT molecular complexity index is 545. The minimum atomic E-state index is -1.63. The molecule has 2 rings (SSSR count). The maximum absolute atomic E-state index is 12.0. The summed E-state index contributed by atoms with van der Waals surface area (Å²) in [5.41, 5.74) is 0. The van der Waals surface area contributed by atoms with E-state index in [1.165, 1.54) is 25.8 Å². The molecule has 1 aliphatic heterocycles. The van der Waals surface area contributed by atoms with Gasteiger partial charge in [0.15, 0.2) is 5.85 Å². The zero-order chi connectivity index (χ0) is 19.3. The highest BCUT2D eigenvalue weighted by atomic mass is 32.2. The molecule has 26 heavy (non-hydrogen) atoms. The van der Waals surface area contributed by atoms with E-state index < -0.39 is 24.0 Å². The smallest absolute Gasteiger partial charge is 0.323 e. The van der Waals surface area contributed by atoms with Gasteiger partial charge in [-0.1, -0.05) is 0 Å². The predicted molar refractivity (Wildman–Crippen MR) is 96.2 cm³/mol. The molecule has 0 aromatic carbocycles. The molecule has 4 atom stereocenters. The summed E-state index contributed by atoms with van der Waals surface area (Å²) < 4.78 is 4.81. The maximum atomic E-state index is 12.0. The van der Waals surface area contributed by atoms with Crippen molar-refractivity contribution in [3.8, 4) is 0 Å². The van der Waals surface area contributed by atoms with Crippen molar-refractivity contribution in [2.45, 2.75) is 57.0 Å². The summed E-state index contributed by atoms with van der Waals surface area (Å²) >= 11 is 1.50. The van der Waals surface area contributed by atoms with Crippen LogP contribution in [0.1, 0.15) is 39.0 Å². The van der Waals surface area contributed by atoms with Gasteiger partial charge < -0.3 is 20.3 Å². The van der Waals surface area contributed by atoms with Crippen LogP contribution in [0.5, 0.6) is 0 Å². The molecule has 8 nitrogen and oxygen atoms in total. The number of hydrogen-bond acceptors (Lipinski definition) is 8. The van der Waals surface area contributed by atoms with Gasteiger partial charge in [0.2, 0.25) is 5.91 Å². The first-order valence-electron chi connectivity index (χ1n) is 8.91. The molecular formula is C17H28N2O6S. The molecule has 0 spiro atoms. The second-order valence-corrected chi connectivity index (χ2v) is 8.10. The first kappa shape index (κ1) is 21.1. The lowest BCUT2D eigenvalue weighted by Crippen LogP contribution is -2.63. The van der Waals surface area contributed by atoms with Crippen molar-refractivity contribution in [2.75, 3.05) is 25.2 Å². The molecule has 1 saturated carbocycles. The second-order valence-electron chi connectivity index (χ2n) is 6.95. The largest absolute Gasteiger partial charge is 0.468 e. The van der Waals surface area contributed by atoms with Gasteiger partial charge in [-0.3, -0.25) is 14.4 Å². The van der Waals surface area contributed by atoms with Crippen LogP contribution in [0.25, 0.3) is 0 Å². The van der Waals surface area contributed by atoms with Crippen LogP contribution >= 0.6 is 11.8 Å². The van der Waals surface area contributed by atoms with Crippen molar-refractivity contribution >= 4 is 29.4 Å². The molecule has 0 radical (unpaired) electrons. The standard InChI is InChI=1S/C17H28N2O6S/c1-11(20)18-17(24,19-6-3-4-14(19)16(23)25-2)5-7-26-10-12-8-13(21)9-15(12)22/h12-14,21,24H,3-10H2,1-2H3,(H,18,20)/t12?,13?,14-,17+/m0/s1. The van der Waals surface area contributed by atoms with E-state index in [9.17, 15) is 24.6 Å². The van der Waals surface area contributed by atoms with Crippen molar-refractivity contribution in [1.29, 1.82) is 0 Å². The number of nitrogens with one attached hydrogen (secondary N) is 1. The fraction of sp³-hybridized carbons (Fsp3) is 0.824. The molecule has 1 aliphatic carbocycles. The summed E-state index contributed by atoms with van der Waals surface area (Å²) in [6, 6.07) is -0.589. The number of esters is 1. The Balaban J connectivity index is 1.94. The third-order valence-corrected chi connectivity index (χ3v) is 6.07. The number of carbonyl (C=O) groups excluding carboxylic acids is 3. The zero-order valence-electron chi connectivity index (χ0n) is 15.3. The topological polar surface area (TPSA) is 116 Å². The second kappa shape index (κ2) is 9.16. The number of methoxy groups -OCH3 is 1. The number of thioether (sulfide) groups is 1. The van der Waals surface area contributed by atoms with Crippen LogP contribution in [-0.4, -0.2) is 75.9 Å². The number of nitrogens with zero attached hydrogens (tertiary/aromatic N) is 1. The summed E-state index contributed by atoms with van der Waals surface area (Å²) in [5.74, 6) is -1.45. The summed E-state index contributed by atoms with van der Waals surface area (Å²) in [5, 5.41) is 23.1. The Morgan fingerprint density at radius 1 is 1.46 bits per heavy atom. The predicted octanol–water partition coefficient (Wildman–Crippen LogP) is -0.131. The van der Waals surface area contributed by atoms with Crippen LogP contribution in [0, 0.1) is 5.92 Å². The molecule has 9 heteroatoms. The van der Waals surface area contributed by atoms with Crippen LogP contribution in [0.15, 0.2) is 0 Å². The number of likely N-dealkylation sites (tertiary alicyclic amines) is 1. The molecule has 1 amide bonds. The van der Waals surface area contributed by atoms with Gasteiger partial charge in [0.05, 0.1) is 13.2 Å². The molecule has 2 aliphatic rings. The van der Waals surface area contributed by atoms with Crippen LogP contribution in [0.4, 0.5) is 0 Å². The third kappa shape index (κ3) is 5.18. The molecule has 2 fully saturated rings. The molecule has 0 aromatic rings. The molecule has 3 N–H and O–H groups in total. The first-order chi connectivity index (χ1) is 12.3. The monoisotopic (exact) mass is 388 g/mol. The SMILES string of the molecule is COC(=O)[C@@H]1CCCN1[C@@](O)(CCSCC1CC(O)CC1=O)NC(C)=O. The molecule has 0 aromatic heterocycles.